The molecular formula is C7H13NNaO. The molecule has 0 unspecified atom stereocenters. The van der Waals surface area contributed by atoms with Crippen LogP contribution in [0.4, 0.5) is 0 Å². The zero-order chi connectivity index (χ0) is 7.49. The fraction of sp³-hybridized carbons (Fsp3) is 0.571. The van der Waals surface area contributed by atoms with Crippen LogP contribution < -0.4 is 5.32 Å². The van der Waals surface area contributed by atoms with Crippen molar-refractivity contribution >= 4 is 35.5 Å². The Hall–Kier alpha value is 0.210. The van der Waals surface area contributed by atoms with Gasteiger partial charge in [-0.15, -0.1) is 0 Å². The molecular weight excluding hydrogens is 137 g/mol. The molecule has 1 amide bonds. The Labute approximate surface area is 84.4 Å². The second kappa shape index (κ2) is 4.94. The molecule has 0 aromatic rings. The van der Waals surface area contributed by atoms with Gasteiger partial charge in [-0.2, -0.15) is 0 Å². The van der Waals surface area contributed by atoms with Crippen LogP contribution in [0, 0.1) is 0 Å². The molecule has 0 spiro atoms. The molecule has 0 atom stereocenters. The number of amides is 1. The summed E-state index contributed by atoms with van der Waals surface area (Å²) in [7, 11) is 0. The smallest absolute Gasteiger partial charge is 0.243 e. The quantitative estimate of drug-likeness (QED) is 0.433. The third-order valence-corrected chi connectivity index (χ3v) is 0.684. The predicted octanol–water partition coefficient (Wildman–Crippen LogP) is 0.706. The van der Waals surface area contributed by atoms with Gasteiger partial charge in [0.15, 0.2) is 0 Å². The molecule has 0 aromatic heterocycles. The molecule has 0 bridgehead atoms. The van der Waals surface area contributed by atoms with Crippen molar-refractivity contribution in [1.29, 1.82) is 0 Å². The van der Waals surface area contributed by atoms with Crippen LogP contribution in [-0.4, -0.2) is 41.0 Å². The van der Waals surface area contributed by atoms with Gasteiger partial charge in [-0.3, -0.25) is 4.79 Å². The maximum Gasteiger partial charge on any atom is 0.243 e. The standard InChI is InChI=1S/C7H13NO.Na/c1-5-6(9)8-7(2,3)4;/h5H,1H2,2-4H3,(H,8,9);. The number of rotatable bonds is 1. The van der Waals surface area contributed by atoms with Crippen molar-refractivity contribution in [3.05, 3.63) is 12.7 Å². The van der Waals surface area contributed by atoms with Gasteiger partial charge in [0.1, 0.15) is 0 Å². The van der Waals surface area contributed by atoms with Crippen molar-refractivity contribution in [2.24, 2.45) is 0 Å². The number of hydrogen-bond donors (Lipinski definition) is 1. The van der Waals surface area contributed by atoms with Crippen molar-refractivity contribution in [3.63, 3.8) is 0 Å². The van der Waals surface area contributed by atoms with Crippen LogP contribution in [0.25, 0.3) is 0 Å². The van der Waals surface area contributed by atoms with E-state index in [9.17, 15) is 4.79 Å². The average molecular weight is 150 g/mol. The first-order chi connectivity index (χ1) is 3.95. The maximum atomic E-state index is 10.6. The summed E-state index contributed by atoms with van der Waals surface area (Å²) in [5.74, 6) is -0.123. The molecule has 2 nitrogen and oxygen atoms in total. The van der Waals surface area contributed by atoms with Gasteiger partial charge in [0.05, 0.1) is 0 Å². The minimum absolute atomic E-state index is 0. The summed E-state index contributed by atoms with van der Waals surface area (Å²) in [5, 5.41) is 2.71. The van der Waals surface area contributed by atoms with Crippen LogP contribution in [0.2, 0.25) is 0 Å². The average Bonchev–Trinajstić information content (AvgIpc) is 1.62. The summed E-state index contributed by atoms with van der Waals surface area (Å²) in [6, 6.07) is 0. The minimum atomic E-state index is -0.148. The van der Waals surface area contributed by atoms with Gasteiger partial charge in [0.2, 0.25) is 5.91 Å². The van der Waals surface area contributed by atoms with Gasteiger partial charge in [-0.25, -0.2) is 0 Å². The van der Waals surface area contributed by atoms with E-state index in [0.29, 0.717) is 0 Å². The molecule has 0 heterocycles. The molecule has 0 saturated carbocycles. The molecule has 0 aliphatic rings. The molecule has 0 aliphatic carbocycles. The molecule has 53 valence electrons. The summed E-state index contributed by atoms with van der Waals surface area (Å²) in [6.07, 6.45) is 1.27. The first kappa shape index (κ1) is 12.8. The topological polar surface area (TPSA) is 29.1 Å². The number of carbonyl (C=O) groups is 1. The minimum Gasteiger partial charge on any atom is -0.348 e. The summed E-state index contributed by atoms with van der Waals surface area (Å²) in [5.41, 5.74) is -0.148. The van der Waals surface area contributed by atoms with Crippen LogP contribution in [-0.2, 0) is 4.79 Å². The van der Waals surface area contributed by atoms with E-state index in [1.165, 1.54) is 6.08 Å². The van der Waals surface area contributed by atoms with E-state index in [4.69, 9.17) is 0 Å². The van der Waals surface area contributed by atoms with Crippen LogP contribution in [0.1, 0.15) is 20.8 Å². The predicted molar refractivity (Wildman–Crippen MR) is 43.8 cm³/mol. The van der Waals surface area contributed by atoms with E-state index in [1.54, 1.807) is 0 Å². The maximum absolute atomic E-state index is 10.6. The van der Waals surface area contributed by atoms with Crippen molar-refractivity contribution in [2.75, 3.05) is 0 Å². The Morgan fingerprint density at radius 2 is 1.90 bits per heavy atom. The van der Waals surface area contributed by atoms with E-state index in [0.717, 1.165) is 0 Å². The van der Waals surface area contributed by atoms with Crippen LogP contribution in [0.3, 0.4) is 0 Å². The second-order valence-electron chi connectivity index (χ2n) is 2.94. The van der Waals surface area contributed by atoms with Crippen molar-refractivity contribution in [1.82, 2.24) is 5.32 Å². The van der Waals surface area contributed by atoms with Gasteiger partial charge >= 0.3 is 0 Å². The van der Waals surface area contributed by atoms with Gasteiger partial charge in [-0.1, -0.05) is 6.58 Å². The molecule has 3 heteroatoms. The van der Waals surface area contributed by atoms with Gasteiger partial charge in [-0.05, 0) is 26.8 Å². The molecule has 0 fully saturated rings. The fourth-order valence-electron chi connectivity index (χ4n) is 0.421. The summed E-state index contributed by atoms with van der Waals surface area (Å²) >= 11 is 0. The third-order valence-electron chi connectivity index (χ3n) is 0.684. The fourth-order valence-corrected chi connectivity index (χ4v) is 0.421. The van der Waals surface area contributed by atoms with E-state index in [2.05, 4.69) is 11.9 Å². The first-order valence-electron chi connectivity index (χ1n) is 2.90. The Morgan fingerprint density at radius 3 is 2.00 bits per heavy atom. The number of nitrogens with one attached hydrogen (secondary N) is 1. The molecule has 0 aromatic carbocycles. The second-order valence-corrected chi connectivity index (χ2v) is 2.94. The largest absolute Gasteiger partial charge is 0.348 e. The first-order valence-corrected chi connectivity index (χ1v) is 2.90. The summed E-state index contributed by atoms with van der Waals surface area (Å²) < 4.78 is 0. The van der Waals surface area contributed by atoms with Crippen molar-refractivity contribution in [2.45, 2.75) is 26.3 Å². The van der Waals surface area contributed by atoms with Gasteiger partial charge in [0.25, 0.3) is 0 Å². The van der Waals surface area contributed by atoms with Gasteiger partial charge < -0.3 is 5.32 Å². The number of carbonyl (C=O) groups excluding carboxylic acids is 1. The molecule has 10 heavy (non-hydrogen) atoms. The van der Waals surface area contributed by atoms with E-state index < -0.39 is 0 Å². The molecule has 0 rings (SSSR count). The molecule has 1 radical (unpaired) electrons. The number of hydrogen-bond acceptors (Lipinski definition) is 1. The van der Waals surface area contributed by atoms with Crippen LogP contribution in [0.5, 0.6) is 0 Å². The Bertz CT molecular complexity index is 126. The van der Waals surface area contributed by atoms with Crippen molar-refractivity contribution < 1.29 is 4.79 Å². The Kier molecular flexibility index (Phi) is 6.35. The van der Waals surface area contributed by atoms with Gasteiger partial charge in [0, 0.05) is 35.1 Å². The van der Waals surface area contributed by atoms with Crippen molar-refractivity contribution in [3.8, 4) is 0 Å². The van der Waals surface area contributed by atoms with Crippen LogP contribution in [0.15, 0.2) is 12.7 Å². The zero-order valence-corrected chi connectivity index (χ0v) is 9.19. The van der Waals surface area contributed by atoms with E-state index in [1.807, 2.05) is 20.8 Å². The van der Waals surface area contributed by atoms with Crippen LogP contribution >= 0.6 is 0 Å². The molecule has 0 saturated heterocycles. The zero-order valence-electron chi connectivity index (χ0n) is 7.19. The summed E-state index contributed by atoms with van der Waals surface area (Å²) in [4.78, 5) is 10.6. The Balaban J connectivity index is 0. The molecule has 1 N–H and O–H groups in total. The molecule has 0 aliphatic heterocycles. The third kappa shape index (κ3) is 8.21. The monoisotopic (exact) mass is 150 g/mol. The summed E-state index contributed by atoms with van der Waals surface area (Å²) in [6.45, 7) is 9.11. The van der Waals surface area contributed by atoms with E-state index >= 15 is 0 Å². The van der Waals surface area contributed by atoms with E-state index in [-0.39, 0.29) is 41.0 Å². The normalized spacial score (nSPS) is 9.50. The SMILES string of the molecule is C=CC(=O)NC(C)(C)C.[Na]. The Morgan fingerprint density at radius 1 is 1.50 bits per heavy atom.